The van der Waals surface area contributed by atoms with Gasteiger partial charge < -0.3 is 20.0 Å². The van der Waals surface area contributed by atoms with Gasteiger partial charge in [-0.15, -0.1) is 0 Å². The van der Waals surface area contributed by atoms with E-state index in [1.165, 1.54) is 11.2 Å². The average Bonchev–Trinajstić information content (AvgIpc) is 3.33. The van der Waals surface area contributed by atoms with Crippen molar-refractivity contribution in [2.45, 2.75) is 13.0 Å². The molecule has 3 rings (SSSR count). The van der Waals surface area contributed by atoms with E-state index in [4.69, 9.17) is 0 Å². The molecular weight excluding hydrogens is 436 g/mol. The average molecular weight is 473 g/mol. The van der Waals surface area contributed by atoms with E-state index in [-0.39, 0.29) is 11.8 Å². The number of piperazine rings is 1. The molecule has 2 aromatic rings. The second-order valence-electron chi connectivity index (χ2n) is 8.56. The van der Waals surface area contributed by atoms with Gasteiger partial charge in [0, 0.05) is 73.0 Å². The number of likely N-dealkylation sites (N-methyl/N-ethyl adjacent to an activating group) is 1. The van der Waals surface area contributed by atoms with Crippen LogP contribution in [0.25, 0.3) is 0 Å². The number of aromatic nitrogens is 3. The molecule has 1 aromatic carbocycles. The van der Waals surface area contributed by atoms with Crippen molar-refractivity contribution in [1.82, 2.24) is 34.4 Å². The molecule has 0 saturated carbocycles. The first kappa shape index (κ1) is 26.9. The maximum absolute atomic E-state index is 12.3. The Hall–Kier alpha value is -3.31. The van der Waals surface area contributed by atoms with E-state index in [2.05, 4.69) is 25.2 Å². The maximum atomic E-state index is 12.3. The number of anilines is 1. The van der Waals surface area contributed by atoms with Crippen LogP contribution in [0.15, 0.2) is 36.9 Å². The van der Waals surface area contributed by atoms with Crippen molar-refractivity contribution in [2.75, 3.05) is 72.8 Å². The number of hydrogen-bond donors (Lipinski definition) is 1. The second-order valence-corrected chi connectivity index (χ2v) is 8.56. The van der Waals surface area contributed by atoms with Crippen molar-refractivity contribution in [3.8, 4) is 0 Å². The third-order valence-electron chi connectivity index (χ3n) is 5.24. The first-order chi connectivity index (χ1) is 16.3. The number of nitrogens with zero attached hydrogens (tertiary/aromatic N) is 7. The van der Waals surface area contributed by atoms with Gasteiger partial charge in [0.25, 0.3) is 0 Å². The minimum absolute atomic E-state index is 0.0132. The molecule has 3 amide bonds. The summed E-state index contributed by atoms with van der Waals surface area (Å²) in [4.78, 5) is 44.9. The van der Waals surface area contributed by atoms with Crippen LogP contribution in [0.2, 0.25) is 0 Å². The number of carbonyl (C=O) groups excluding carboxylic acids is 3. The summed E-state index contributed by atoms with van der Waals surface area (Å²) >= 11 is 0. The third kappa shape index (κ3) is 10.1. The van der Waals surface area contributed by atoms with Crippen LogP contribution in [0, 0.1) is 0 Å². The molecule has 0 unspecified atom stereocenters. The molecule has 0 atom stereocenters. The lowest BCUT2D eigenvalue weighted by Crippen LogP contribution is -2.49. The van der Waals surface area contributed by atoms with E-state index >= 15 is 0 Å². The van der Waals surface area contributed by atoms with Gasteiger partial charge in [0.1, 0.15) is 12.7 Å². The number of rotatable bonds is 9. The molecule has 1 aliphatic rings. The monoisotopic (exact) mass is 472 g/mol. The van der Waals surface area contributed by atoms with Gasteiger partial charge in [0.2, 0.25) is 18.2 Å². The molecule has 1 N–H and O–H groups in total. The van der Waals surface area contributed by atoms with Gasteiger partial charge in [-0.25, -0.2) is 9.67 Å². The van der Waals surface area contributed by atoms with E-state index < -0.39 is 0 Å². The third-order valence-corrected chi connectivity index (χ3v) is 5.24. The molecule has 34 heavy (non-hydrogen) atoms. The zero-order valence-electron chi connectivity index (χ0n) is 20.6. The van der Waals surface area contributed by atoms with Crippen LogP contribution in [0.1, 0.15) is 12.0 Å². The van der Waals surface area contributed by atoms with Crippen molar-refractivity contribution < 1.29 is 14.4 Å². The summed E-state index contributed by atoms with van der Waals surface area (Å²) in [5, 5.41) is 7.04. The zero-order chi connectivity index (χ0) is 24.9. The highest BCUT2D eigenvalue weighted by Gasteiger charge is 2.20. The molecule has 0 spiro atoms. The van der Waals surface area contributed by atoms with Crippen LogP contribution in [-0.4, -0.2) is 120 Å². The molecule has 1 aliphatic heterocycles. The molecule has 1 saturated heterocycles. The Balaban J connectivity index is 0.000000739. The summed E-state index contributed by atoms with van der Waals surface area (Å²) in [5.41, 5.74) is 1.89. The lowest BCUT2D eigenvalue weighted by molar-refractivity contribution is -0.130. The minimum atomic E-state index is 0.0132. The van der Waals surface area contributed by atoms with Gasteiger partial charge in [0.15, 0.2) is 0 Å². The highest BCUT2D eigenvalue weighted by atomic mass is 16.2. The highest BCUT2D eigenvalue weighted by Crippen LogP contribution is 2.11. The van der Waals surface area contributed by atoms with Gasteiger partial charge in [0.05, 0.1) is 13.1 Å². The molecule has 0 radical (unpaired) electrons. The number of nitrogens with one attached hydrogen (secondary N) is 1. The topological polar surface area (TPSA) is 107 Å². The quantitative estimate of drug-likeness (QED) is 0.515. The van der Waals surface area contributed by atoms with E-state index in [9.17, 15) is 14.4 Å². The first-order valence-corrected chi connectivity index (χ1v) is 11.2. The van der Waals surface area contributed by atoms with Crippen molar-refractivity contribution in [3.63, 3.8) is 0 Å². The van der Waals surface area contributed by atoms with Crippen LogP contribution in [0.5, 0.6) is 0 Å². The maximum Gasteiger partial charge on any atom is 0.236 e. The summed E-state index contributed by atoms with van der Waals surface area (Å²) in [6, 6.07) is 7.77. The standard InChI is InChI=1S/C20H29N7O2.C3H7NO/c1-24(2)20(29)14-26-11-9-25(10-12-26)8-7-19(28)23-18-5-3-17(4-6-18)13-27-16-21-15-22-27;1-4(2)3-5/h3-6,15-16H,7-14H2,1-2H3,(H,23,28);3H,1-2H3. The Morgan fingerprint density at radius 1 is 1.03 bits per heavy atom. The van der Waals surface area contributed by atoms with Gasteiger partial charge in [-0.1, -0.05) is 12.1 Å². The molecular formula is C23H36N8O3. The second kappa shape index (κ2) is 14.1. The van der Waals surface area contributed by atoms with E-state index in [1.54, 1.807) is 44.1 Å². The van der Waals surface area contributed by atoms with Gasteiger partial charge in [-0.3, -0.25) is 19.3 Å². The number of carbonyl (C=O) groups is 3. The van der Waals surface area contributed by atoms with Gasteiger partial charge in [-0.2, -0.15) is 5.10 Å². The van der Waals surface area contributed by atoms with Gasteiger partial charge >= 0.3 is 0 Å². The Morgan fingerprint density at radius 2 is 1.65 bits per heavy atom. The Kier molecular flexibility index (Phi) is 11.1. The fourth-order valence-corrected chi connectivity index (χ4v) is 3.18. The molecule has 1 fully saturated rings. The number of benzene rings is 1. The lowest BCUT2D eigenvalue weighted by atomic mass is 10.2. The van der Waals surface area contributed by atoms with E-state index in [0.717, 1.165) is 50.4 Å². The molecule has 11 nitrogen and oxygen atoms in total. The van der Waals surface area contributed by atoms with Crippen molar-refractivity contribution in [1.29, 1.82) is 0 Å². The number of amides is 3. The number of hydrogen-bond acceptors (Lipinski definition) is 7. The summed E-state index contributed by atoms with van der Waals surface area (Å²) < 4.78 is 1.75. The lowest BCUT2D eigenvalue weighted by Gasteiger charge is -2.34. The van der Waals surface area contributed by atoms with Crippen LogP contribution in [-0.2, 0) is 20.9 Å². The smallest absolute Gasteiger partial charge is 0.236 e. The molecule has 186 valence electrons. The first-order valence-electron chi connectivity index (χ1n) is 11.2. The Labute approximate surface area is 201 Å². The largest absolute Gasteiger partial charge is 0.351 e. The normalized spacial score (nSPS) is 14.0. The van der Waals surface area contributed by atoms with Crippen LogP contribution < -0.4 is 5.32 Å². The molecule has 11 heteroatoms. The van der Waals surface area contributed by atoms with Crippen molar-refractivity contribution >= 4 is 23.9 Å². The van der Waals surface area contributed by atoms with Gasteiger partial charge in [-0.05, 0) is 17.7 Å². The SMILES string of the molecule is CN(C)C(=O)CN1CCN(CCC(=O)Nc2ccc(Cn3cncn3)cc2)CC1.CN(C)C=O. The van der Waals surface area contributed by atoms with Crippen molar-refractivity contribution in [3.05, 3.63) is 42.5 Å². The summed E-state index contributed by atoms with van der Waals surface area (Å²) in [5.74, 6) is 0.143. The van der Waals surface area contributed by atoms with E-state index in [1.807, 2.05) is 24.3 Å². The zero-order valence-corrected chi connectivity index (χ0v) is 20.6. The van der Waals surface area contributed by atoms with Crippen LogP contribution in [0.4, 0.5) is 5.69 Å². The van der Waals surface area contributed by atoms with E-state index in [0.29, 0.717) is 19.5 Å². The predicted molar refractivity (Wildman–Crippen MR) is 130 cm³/mol. The fraction of sp³-hybridized carbons (Fsp3) is 0.522. The molecule has 0 bridgehead atoms. The molecule has 2 heterocycles. The summed E-state index contributed by atoms with van der Waals surface area (Å²) in [7, 11) is 6.93. The van der Waals surface area contributed by atoms with Crippen LogP contribution >= 0.6 is 0 Å². The van der Waals surface area contributed by atoms with Crippen molar-refractivity contribution in [2.24, 2.45) is 0 Å². The summed E-state index contributed by atoms with van der Waals surface area (Å²) in [6.07, 6.45) is 4.39. The summed E-state index contributed by atoms with van der Waals surface area (Å²) in [6.45, 7) is 5.32. The fourth-order valence-electron chi connectivity index (χ4n) is 3.18. The minimum Gasteiger partial charge on any atom is -0.351 e. The van der Waals surface area contributed by atoms with Crippen LogP contribution in [0.3, 0.4) is 0 Å². The molecule has 0 aliphatic carbocycles. The Morgan fingerprint density at radius 3 is 2.18 bits per heavy atom. The molecule has 1 aromatic heterocycles. The highest BCUT2D eigenvalue weighted by molar-refractivity contribution is 5.90. The predicted octanol–water partition coefficient (Wildman–Crippen LogP) is 0.0652. The Bertz CT molecular complexity index is 876.